The fourth-order valence-electron chi connectivity index (χ4n) is 2.56. The van der Waals surface area contributed by atoms with Crippen LogP contribution in [0.5, 0.6) is 5.75 Å². The number of nitrogens with zero attached hydrogens (tertiary/aromatic N) is 1. The van der Waals surface area contributed by atoms with Crippen LogP contribution in [0.1, 0.15) is 39.5 Å². The molecule has 1 aromatic heterocycles. The van der Waals surface area contributed by atoms with Crippen LogP contribution in [0, 0.1) is 0 Å². The standard InChI is InChI=1S/C19H29N3O/c1-4-15(2)20-10-6-5-7-11-21-18-14-17(23-3)13-16-9-8-12-22-19(16)18/h8-9,12-15,20-21H,4-7,10-11H2,1-3H3/t15-/m0/s1. The van der Waals surface area contributed by atoms with Crippen molar-refractivity contribution in [3.05, 3.63) is 30.5 Å². The summed E-state index contributed by atoms with van der Waals surface area (Å²) in [5.41, 5.74) is 2.06. The van der Waals surface area contributed by atoms with Crippen molar-refractivity contribution >= 4 is 16.6 Å². The van der Waals surface area contributed by atoms with E-state index in [1.165, 1.54) is 19.3 Å². The topological polar surface area (TPSA) is 46.2 Å². The molecule has 0 spiro atoms. The summed E-state index contributed by atoms with van der Waals surface area (Å²) in [6.07, 6.45) is 6.64. The zero-order valence-corrected chi connectivity index (χ0v) is 14.6. The molecule has 126 valence electrons. The SMILES string of the molecule is CC[C@H](C)NCCCCCNc1cc(OC)cc2cccnc12. The van der Waals surface area contributed by atoms with Crippen LogP contribution >= 0.6 is 0 Å². The van der Waals surface area contributed by atoms with Gasteiger partial charge < -0.3 is 15.4 Å². The van der Waals surface area contributed by atoms with Gasteiger partial charge in [0, 0.05) is 30.2 Å². The molecule has 0 aliphatic rings. The number of hydrogen-bond acceptors (Lipinski definition) is 4. The number of fused-ring (bicyclic) bond motifs is 1. The Bertz CT molecular complexity index is 600. The number of anilines is 1. The molecular weight excluding hydrogens is 286 g/mol. The van der Waals surface area contributed by atoms with Gasteiger partial charge in [0.25, 0.3) is 0 Å². The maximum Gasteiger partial charge on any atom is 0.121 e. The van der Waals surface area contributed by atoms with Crippen LogP contribution in [0.3, 0.4) is 0 Å². The Morgan fingerprint density at radius 2 is 2.00 bits per heavy atom. The zero-order valence-electron chi connectivity index (χ0n) is 14.6. The van der Waals surface area contributed by atoms with Crippen molar-refractivity contribution in [2.45, 2.75) is 45.6 Å². The van der Waals surface area contributed by atoms with Gasteiger partial charge in [0.1, 0.15) is 5.75 Å². The number of methoxy groups -OCH3 is 1. The lowest BCUT2D eigenvalue weighted by molar-refractivity contribution is 0.415. The molecular formula is C19H29N3O. The van der Waals surface area contributed by atoms with Crippen LogP contribution < -0.4 is 15.4 Å². The lowest BCUT2D eigenvalue weighted by Crippen LogP contribution is -2.26. The first-order chi connectivity index (χ1) is 11.2. The first-order valence-electron chi connectivity index (χ1n) is 8.64. The summed E-state index contributed by atoms with van der Waals surface area (Å²) in [6.45, 7) is 6.53. The third-order valence-electron chi connectivity index (χ3n) is 4.19. The Labute approximate surface area is 139 Å². The van der Waals surface area contributed by atoms with Gasteiger partial charge in [0.2, 0.25) is 0 Å². The summed E-state index contributed by atoms with van der Waals surface area (Å²) >= 11 is 0. The molecule has 1 aromatic carbocycles. The van der Waals surface area contributed by atoms with Gasteiger partial charge in [-0.1, -0.05) is 19.4 Å². The number of aromatic nitrogens is 1. The highest BCUT2D eigenvalue weighted by Crippen LogP contribution is 2.27. The number of pyridine rings is 1. The van der Waals surface area contributed by atoms with E-state index in [2.05, 4.69) is 35.5 Å². The molecule has 0 saturated heterocycles. The molecule has 0 aliphatic carbocycles. The molecule has 0 unspecified atom stereocenters. The van der Waals surface area contributed by atoms with E-state index in [-0.39, 0.29) is 0 Å². The lowest BCUT2D eigenvalue weighted by atomic mass is 10.1. The molecule has 1 atom stereocenters. The molecule has 0 saturated carbocycles. The van der Waals surface area contributed by atoms with Crippen molar-refractivity contribution in [1.82, 2.24) is 10.3 Å². The van der Waals surface area contributed by atoms with Gasteiger partial charge in [-0.15, -0.1) is 0 Å². The van der Waals surface area contributed by atoms with Crippen molar-refractivity contribution < 1.29 is 4.74 Å². The van der Waals surface area contributed by atoms with Gasteiger partial charge in [-0.25, -0.2) is 0 Å². The zero-order chi connectivity index (χ0) is 16.5. The van der Waals surface area contributed by atoms with E-state index in [4.69, 9.17) is 4.74 Å². The molecule has 0 radical (unpaired) electrons. The van der Waals surface area contributed by atoms with Crippen molar-refractivity contribution in [3.63, 3.8) is 0 Å². The van der Waals surface area contributed by atoms with Gasteiger partial charge in [-0.05, 0) is 44.9 Å². The fourth-order valence-corrected chi connectivity index (χ4v) is 2.56. The summed E-state index contributed by atoms with van der Waals surface area (Å²) < 4.78 is 5.38. The molecule has 4 heteroatoms. The largest absolute Gasteiger partial charge is 0.497 e. The van der Waals surface area contributed by atoms with Crippen molar-refractivity contribution in [2.75, 3.05) is 25.5 Å². The molecule has 0 aliphatic heterocycles. The normalized spacial score (nSPS) is 12.3. The average Bonchev–Trinajstić information content (AvgIpc) is 2.60. The van der Waals surface area contributed by atoms with Gasteiger partial charge in [0.05, 0.1) is 18.3 Å². The van der Waals surface area contributed by atoms with Crippen molar-refractivity contribution in [3.8, 4) is 5.75 Å². The molecule has 2 aromatic rings. The average molecular weight is 315 g/mol. The number of nitrogens with one attached hydrogen (secondary N) is 2. The number of rotatable bonds is 10. The summed E-state index contributed by atoms with van der Waals surface area (Å²) in [4.78, 5) is 4.49. The van der Waals surface area contributed by atoms with Crippen LogP contribution in [0.4, 0.5) is 5.69 Å². The van der Waals surface area contributed by atoms with E-state index in [0.717, 1.165) is 41.9 Å². The van der Waals surface area contributed by atoms with E-state index in [0.29, 0.717) is 6.04 Å². The van der Waals surface area contributed by atoms with E-state index in [9.17, 15) is 0 Å². The first kappa shape index (κ1) is 17.5. The maximum atomic E-state index is 5.38. The maximum absolute atomic E-state index is 5.38. The fraction of sp³-hybridized carbons (Fsp3) is 0.526. The Kier molecular flexibility index (Phi) is 7.14. The molecule has 23 heavy (non-hydrogen) atoms. The van der Waals surface area contributed by atoms with Gasteiger partial charge >= 0.3 is 0 Å². The van der Waals surface area contributed by atoms with Crippen LogP contribution in [-0.2, 0) is 0 Å². The van der Waals surface area contributed by atoms with E-state index in [1.54, 1.807) is 7.11 Å². The Morgan fingerprint density at radius 1 is 1.17 bits per heavy atom. The summed E-state index contributed by atoms with van der Waals surface area (Å²) in [7, 11) is 1.70. The predicted octanol–water partition coefficient (Wildman–Crippen LogP) is 4.21. The number of ether oxygens (including phenoxy) is 1. The van der Waals surface area contributed by atoms with Crippen LogP contribution in [-0.4, -0.2) is 31.2 Å². The van der Waals surface area contributed by atoms with E-state index < -0.39 is 0 Å². The smallest absolute Gasteiger partial charge is 0.121 e. The summed E-state index contributed by atoms with van der Waals surface area (Å²) in [5.74, 6) is 0.866. The van der Waals surface area contributed by atoms with Crippen molar-refractivity contribution in [1.29, 1.82) is 0 Å². The Morgan fingerprint density at radius 3 is 2.78 bits per heavy atom. The highest BCUT2D eigenvalue weighted by atomic mass is 16.5. The Hall–Kier alpha value is -1.81. The summed E-state index contributed by atoms with van der Waals surface area (Å²) in [6, 6.07) is 8.70. The third kappa shape index (κ3) is 5.39. The van der Waals surface area contributed by atoms with Gasteiger partial charge in [-0.3, -0.25) is 4.98 Å². The van der Waals surface area contributed by atoms with Crippen LogP contribution in [0.15, 0.2) is 30.5 Å². The molecule has 2 N–H and O–H groups in total. The van der Waals surface area contributed by atoms with Crippen LogP contribution in [0.25, 0.3) is 10.9 Å². The van der Waals surface area contributed by atoms with Gasteiger partial charge in [0.15, 0.2) is 0 Å². The van der Waals surface area contributed by atoms with E-state index >= 15 is 0 Å². The first-order valence-corrected chi connectivity index (χ1v) is 8.64. The second kappa shape index (κ2) is 9.36. The molecule has 0 amide bonds. The highest BCUT2D eigenvalue weighted by Gasteiger charge is 2.05. The molecule has 4 nitrogen and oxygen atoms in total. The number of benzene rings is 1. The molecule has 1 heterocycles. The predicted molar refractivity (Wildman–Crippen MR) is 98.4 cm³/mol. The molecule has 0 bridgehead atoms. The monoisotopic (exact) mass is 315 g/mol. The minimum Gasteiger partial charge on any atom is -0.497 e. The lowest BCUT2D eigenvalue weighted by Gasteiger charge is -2.12. The minimum absolute atomic E-state index is 0.627. The van der Waals surface area contributed by atoms with Crippen molar-refractivity contribution in [2.24, 2.45) is 0 Å². The minimum atomic E-state index is 0.627. The highest BCUT2D eigenvalue weighted by molar-refractivity contribution is 5.91. The van der Waals surface area contributed by atoms with E-state index in [1.807, 2.05) is 24.4 Å². The second-order valence-electron chi connectivity index (χ2n) is 6.00. The second-order valence-corrected chi connectivity index (χ2v) is 6.00. The Balaban J connectivity index is 1.80. The number of hydrogen-bond donors (Lipinski definition) is 2. The summed E-state index contributed by atoms with van der Waals surface area (Å²) in [5, 5.41) is 8.15. The molecule has 0 fully saturated rings. The third-order valence-corrected chi connectivity index (χ3v) is 4.19. The quantitative estimate of drug-likeness (QED) is 0.645. The van der Waals surface area contributed by atoms with Crippen LogP contribution in [0.2, 0.25) is 0 Å². The molecule has 2 rings (SSSR count). The number of unbranched alkanes of at least 4 members (excludes halogenated alkanes) is 2. The van der Waals surface area contributed by atoms with Gasteiger partial charge in [-0.2, -0.15) is 0 Å².